The normalized spacial score (nSPS) is 29.3. The number of hydrogen-bond acceptors (Lipinski definition) is 8. The number of allylic oxidation sites excluding steroid dienone is 1. The molecule has 3 aliphatic carbocycles. The molecule has 0 radical (unpaired) electrons. The number of nitrogens with zero attached hydrogens (tertiary/aromatic N) is 2. The zero-order chi connectivity index (χ0) is 30.8. The van der Waals surface area contributed by atoms with Gasteiger partial charge in [0.15, 0.2) is 0 Å². The van der Waals surface area contributed by atoms with Crippen molar-refractivity contribution in [2.24, 2.45) is 35.0 Å². The van der Waals surface area contributed by atoms with Gasteiger partial charge in [-0.1, -0.05) is 36.8 Å². The lowest BCUT2D eigenvalue weighted by Crippen LogP contribution is -2.61. The lowest BCUT2D eigenvalue weighted by Gasteiger charge is -2.55. The zero-order valence-electron chi connectivity index (χ0n) is 24.8. The summed E-state index contributed by atoms with van der Waals surface area (Å²) in [4.78, 5) is 73.4. The van der Waals surface area contributed by atoms with E-state index in [1.165, 1.54) is 0 Å². The van der Waals surface area contributed by atoms with Crippen molar-refractivity contribution in [1.29, 1.82) is 0 Å². The summed E-state index contributed by atoms with van der Waals surface area (Å²) in [5.41, 5.74) is -0.205. The van der Waals surface area contributed by atoms with Crippen LogP contribution in [0, 0.1) is 35.0 Å². The number of rotatable bonds is 8. The lowest BCUT2D eigenvalue weighted by molar-refractivity contribution is -0.155. The summed E-state index contributed by atoms with van der Waals surface area (Å²) in [6.07, 6.45) is 0. The van der Waals surface area contributed by atoms with Gasteiger partial charge in [0.05, 0.1) is 54.9 Å². The first-order valence-electron chi connectivity index (χ1n) is 14.7. The molecule has 0 N–H and O–H groups in total. The molecule has 1 saturated carbocycles. The SMILES string of the molecule is CCOC(=O)C1=C(C)C2[C@H]3C(=O)N(c4ccccc4OCC)C(=O)[C@H]3C1(C)[C@@H]1C(=O)N(c3ccccc3OCC)C(=O)[C@H]21. The van der Waals surface area contributed by atoms with E-state index < -0.39 is 64.6 Å². The summed E-state index contributed by atoms with van der Waals surface area (Å²) >= 11 is 0. The third-order valence-corrected chi connectivity index (χ3v) is 9.49. The Morgan fingerprint density at radius 1 is 0.698 bits per heavy atom. The summed E-state index contributed by atoms with van der Waals surface area (Å²) < 4.78 is 17.0. The Hall–Kier alpha value is -4.47. The molecule has 10 heteroatoms. The van der Waals surface area contributed by atoms with Gasteiger partial charge in [0.25, 0.3) is 0 Å². The summed E-state index contributed by atoms with van der Waals surface area (Å²) in [5.74, 6) is -6.84. The Balaban J connectivity index is 1.54. The van der Waals surface area contributed by atoms with E-state index >= 15 is 0 Å². The predicted octanol–water partition coefficient (Wildman–Crippen LogP) is 3.92. The summed E-state index contributed by atoms with van der Waals surface area (Å²) in [6.45, 7) is 9.39. The van der Waals surface area contributed by atoms with Gasteiger partial charge in [-0.25, -0.2) is 14.6 Å². The van der Waals surface area contributed by atoms with Crippen LogP contribution in [-0.2, 0) is 28.7 Å². The fourth-order valence-corrected chi connectivity index (χ4v) is 8.12. The molecule has 43 heavy (non-hydrogen) atoms. The quantitative estimate of drug-likeness (QED) is 0.337. The molecule has 3 fully saturated rings. The zero-order valence-corrected chi connectivity index (χ0v) is 24.8. The van der Waals surface area contributed by atoms with Gasteiger partial charge in [-0.3, -0.25) is 19.2 Å². The van der Waals surface area contributed by atoms with Crippen molar-refractivity contribution in [2.45, 2.75) is 34.6 Å². The van der Waals surface area contributed by atoms with E-state index in [9.17, 15) is 24.0 Å². The second-order valence-corrected chi connectivity index (χ2v) is 11.4. The van der Waals surface area contributed by atoms with Gasteiger partial charge in [0.2, 0.25) is 23.6 Å². The van der Waals surface area contributed by atoms with Crippen molar-refractivity contribution in [1.82, 2.24) is 0 Å². The molecule has 4 atom stereocenters. The van der Waals surface area contributed by atoms with Gasteiger partial charge < -0.3 is 14.2 Å². The number of para-hydroxylation sites is 4. The molecule has 10 nitrogen and oxygen atoms in total. The van der Waals surface area contributed by atoms with Crippen LogP contribution in [0.5, 0.6) is 11.5 Å². The van der Waals surface area contributed by atoms with Crippen molar-refractivity contribution in [3.8, 4) is 11.5 Å². The highest BCUT2D eigenvalue weighted by Crippen LogP contribution is 2.69. The minimum Gasteiger partial charge on any atom is -0.492 e. The number of amides is 4. The van der Waals surface area contributed by atoms with E-state index in [2.05, 4.69) is 0 Å². The van der Waals surface area contributed by atoms with E-state index in [-0.39, 0.29) is 12.2 Å². The molecule has 7 rings (SSSR count). The van der Waals surface area contributed by atoms with Crippen molar-refractivity contribution < 1.29 is 38.2 Å². The van der Waals surface area contributed by atoms with Crippen LogP contribution >= 0.6 is 0 Å². The highest BCUT2D eigenvalue weighted by atomic mass is 16.5. The Kier molecular flexibility index (Phi) is 6.90. The van der Waals surface area contributed by atoms with Gasteiger partial charge in [-0.05, 0) is 52.0 Å². The number of benzene rings is 2. The molecule has 2 bridgehead atoms. The Morgan fingerprint density at radius 3 is 1.56 bits per heavy atom. The van der Waals surface area contributed by atoms with Crippen LogP contribution in [0.3, 0.4) is 0 Å². The van der Waals surface area contributed by atoms with Crippen LogP contribution in [0.2, 0.25) is 0 Å². The minimum atomic E-state index is -1.50. The molecular formula is C33H34N2O8. The maximum atomic E-state index is 14.4. The Labute approximate surface area is 249 Å². The molecule has 2 aromatic rings. The highest BCUT2D eigenvalue weighted by molar-refractivity contribution is 6.28. The van der Waals surface area contributed by atoms with Crippen molar-refractivity contribution in [2.75, 3.05) is 29.6 Å². The van der Waals surface area contributed by atoms with E-state index in [1.54, 1.807) is 83.1 Å². The predicted molar refractivity (Wildman–Crippen MR) is 155 cm³/mol. The monoisotopic (exact) mass is 586 g/mol. The number of ether oxygens (including phenoxy) is 3. The second kappa shape index (κ2) is 10.4. The number of carbonyl (C=O) groups is 5. The molecule has 4 amide bonds. The van der Waals surface area contributed by atoms with Gasteiger partial charge in [-0.15, -0.1) is 0 Å². The van der Waals surface area contributed by atoms with E-state index in [0.29, 0.717) is 41.7 Å². The second-order valence-electron chi connectivity index (χ2n) is 11.4. The van der Waals surface area contributed by atoms with E-state index in [0.717, 1.165) is 9.80 Å². The third-order valence-electron chi connectivity index (χ3n) is 9.49. The molecular weight excluding hydrogens is 552 g/mol. The molecule has 2 heterocycles. The number of anilines is 2. The van der Waals surface area contributed by atoms with Crippen LogP contribution in [0.1, 0.15) is 34.6 Å². The van der Waals surface area contributed by atoms with Gasteiger partial charge in [0, 0.05) is 16.9 Å². The number of carbonyl (C=O) groups excluding carboxylic acids is 5. The molecule has 2 saturated heterocycles. The largest absolute Gasteiger partial charge is 0.492 e. The first kappa shape index (κ1) is 28.6. The van der Waals surface area contributed by atoms with E-state index in [1.807, 2.05) is 0 Å². The van der Waals surface area contributed by atoms with Crippen LogP contribution < -0.4 is 19.3 Å². The van der Waals surface area contributed by atoms with Crippen LogP contribution in [-0.4, -0.2) is 49.4 Å². The fraction of sp³-hybridized carbons (Fsp3) is 0.424. The maximum Gasteiger partial charge on any atom is 0.334 e. The minimum absolute atomic E-state index is 0.0834. The molecule has 0 spiro atoms. The average molecular weight is 587 g/mol. The fourth-order valence-electron chi connectivity index (χ4n) is 8.12. The van der Waals surface area contributed by atoms with Crippen molar-refractivity contribution in [3.05, 3.63) is 59.7 Å². The van der Waals surface area contributed by atoms with Crippen molar-refractivity contribution in [3.63, 3.8) is 0 Å². The number of hydrogen-bond donors (Lipinski definition) is 0. The summed E-state index contributed by atoms with van der Waals surface area (Å²) in [7, 11) is 0. The van der Waals surface area contributed by atoms with Gasteiger partial charge in [-0.2, -0.15) is 0 Å². The third kappa shape index (κ3) is 3.74. The molecule has 0 unspecified atom stereocenters. The maximum absolute atomic E-state index is 14.4. The highest BCUT2D eigenvalue weighted by Gasteiger charge is 2.77. The smallest absolute Gasteiger partial charge is 0.334 e. The van der Waals surface area contributed by atoms with Crippen LogP contribution in [0.25, 0.3) is 0 Å². The molecule has 2 aromatic carbocycles. The Morgan fingerprint density at radius 2 is 1.14 bits per heavy atom. The van der Waals surface area contributed by atoms with Gasteiger partial charge in [0.1, 0.15) is 11.5 Å². The van der Waals surface area contributed by atoms with E-state index in [4.69, 9.17) is 14.2 Å². The topological polar surface area (TPSA) is 120 Å². The van der Waals surface area contributed by atoms with Crippen molar-refractivity contribution >= 4 is 41.0 Å². The molecule has 2 aliphatic heterocycles. The molecule has 5 aliphatic rings. The average Bonchev–Trinajstić information content (AvgIpc) is 3.40. The summed E-state index contributed by atoms with van der Waals surface area (Å²) in [5, 5.41) is 0. The van der Waals surface area contributed by atoms with Crippen LogP contribution in [0.15, 0.2) is 59.7 Å². The number of esters is 1. The number of imide groups is 2. The Bertz CT molecular complexity index is 1500. The first-order valence-corrected chi connectivity index (χ1v) is 14.7. The van der Waals surface area contributed by atoms with Crippen LogP contribution in [0.4, 0.5) is 11.4 Å². The van der Waals surface area contributed by atoms with Gasteiger partial charge >= 0.3 is 5.97 Å². The summed E-state index contributed by atoms with van der Waals surface area (Å²) in [6, 6.07) is 13.6. The first-order chi connectivity index (χ1) is 20.6. The molecule has 0 aromatic heterocycles. The lowest BCUT2D eigenvalue weighted by atomic mass is 9.43. The molecule has 224 valence electrons. The standard InChI is InChI=1S/C33H34N2O8/c1-6-41-20-15-11-9-13-18(20)34-28(36)23-22-17(4)25(32(40)43-8-3)33(5,26(23)30(34)38)27-24(22)29(37)35(31(27)39)19-14-10-12-16-21(19)42-7-2/h9-16,22-24,26-27H,6-8H2,1-5H3/t22?,23-,24-,26+,27+,33?/m1/s1.